The van der Waals surface area contributed by atoms with Crippen LogP contribution in [0, 0.1) is 10.1 Å². The number of hydrogen-bond donors (Lipinski definition) is 4. The molecule has 1 fully saturated rings. The van der Waals surface area contributed by atoms with Crippen LogP contribution in [0.1, 0.15) is 5.76 Å². The van der Waals surface area contributed by atoms with E-state index in [2.05, 4.69) is 5.16 Å². The Hall–Kier alpha value is -2.05. The molecule has 0 radical (unpaired) electrons. The van der Waals surface area contributed by atoms with Crippen LogP contribution in [0.4, 0.5) is 5.88 Å². The molecule has 4 N–H and O–H groups in total. The van der Waals surface area contributed by atoms with Gasteiger partial charge in [-0.15, -0.1) is 0 Å². The Bertz CT molecular complexity index is 543. The monoisotopic (exact) mass is 318 g/mol. The van der Waals surface area contributed by atoms with Gasteiger partial charge in [0.05, 0.1) is 12.7 Å². The normalized spacial score (nSPS) is 32.3. The summed E-state index contributed by atoms with van der Waals surface area (Å²) >= 11 is 0. The zero-order valence-electron chi connectivity index (χ0n) is 11.1. The minimum atomic E-state index is -1.60. The van der Waals surface area contributed by atoms with Crippen molar-refractivity contribution in [3.63, 3.8) is 0 Å². The number of aliphatic hydroxyl groups is 4. The van der Waals surface area contributed by atoms with Crippen molar-refractivity contribution in [2.75, 3.05) is 6.61 Å². The van der Waals surface area contributed by atoms with Crippen molar-refractivity contribution < 1.29 is 39.3 Å². The van der Waals surface area contributed by atoms with Gasteiger partial charge in [0.15, 0.2) is 5.76 Å². The smallest absolute Gasteiger partial charge is 0.400 e. The first kappa shape index (κ1) is 16.3. The number of aliphatic hydroxyl groups excluding tert-OH is 4. The molecule has 1 saturated heterocycles. The molecular formula is C11H14N2O9. The summed E-state index contributed by atoms with van der Waals surface area (Å²) in [5, 5.41) is 51.6. The van der Waals surface area contributed by atoms with E-state index in [-0.39, 0.29) is 5.76 Å². The number of oxime groups is 1. The molecule has 1 aliphatic heterocycles. The summed E-state index contributed by atoms with van der Waals surface area (Å²) in [5.74, 6) is -0.453. The Morgan fingerprint density at radius 1 is 1.32 bits per heavy atom. The van der Waals surface area contributed by atoms with E-state index in [0.29, 0.717) is 0 Å². The van der Waals surface area contributed by atoms with E-state index in [9.17, 15) is 25.4 Å². The maximum absolute atomic E-state index is 10.4. The minimum absolute atomic E-state index is 0.0243. The summed E-state index contributed by atoms with van der Waals surface area (Å²) in [4.78, 5) is 14.5. The lowest BCUT2D eigenvalue weighted by Gasteiger charge is -2.38. The van der Waals surface area contributed by atoms with E-state index in [1.54, 1.807) is 0 Å². The molecule has 2 rings (SSSR count). The zero-order chi connectivity index (χ0) is 16.3. The van der Waals surface area contributed by atoms with E-state index in [1.165, 1.54) is 6.07 Å². The van der Waals surface area contributed by atoms with Crippen LogP contribution in [0.3, 0.4) is 0 Å². The molecule has 2 heterocycles. The number of hydrogen-bond acceptors (Lipinski definition) is 10. The highest BCUT2D eigenvalue weighted by atomic mass is 16.8. The number of ether oxygens (including phenoxy) is 1. The number of furan rings is 1. The molecular weight excluding hydrogens is 304 g/mol. The third kappa shape index (κ3) is 3.40. The van der Waals surface area contributed by atoms with Crippen LogP contribution >= 0.6 is 0 Å². The molecule has 22 heavy (non-hydrogen) atoms. The van der Waals surface area contributed by atoms with E-state index in [4.69, 9.17) is 19.1 Å². The first-order chi connectivity index (χ1) is 10.4. The fraction of sp³-hybridized carbons (Fsp3) is 0.545. The van der Waals surface area contributed by atoms with E-state index < -0.39 is 48.1 Å². The molecule has 11 heteroatoms. The first-order valence-electron chi connectivity index (χ1n) is 6.18. The standard InChI is InChI=1S/C11H14N2O9/c14-4-6-8(15)9(16)10(17)11(21-6)22-12-3-5-1-2-7(20-5)13(18)19/h1-3,6,8-11,14-17H,4H2/b12-3+/t6?,8?,9-,10?,11-/m0/s1. The minimum Gasteiger partial charge on any atom is -0.400 e. The summed E-state index contributed by atoms with van der Waals surface area (Å²) in [7, 11) is 0. The second-order valence-electron chi connectivity index (χ2n) is 4.47. The molecule has 0 aromatic carbocycles. The summed E-state index contributed by atoms with van der Waals surface area (Å²) in [6.45, 7) is -0.598. The van der Waals surface area contributed by atoms with E-state index in [0.717, 1.165) is 12.3 Å². The lowest BCUT2D eigenvalue weighted by molar-refractivity contribution is -0.402. The average molecular weight is 318 g/mol. The van der Waals surface area contributed by atoms with Crippen LogP contribution in [-0.2, 0) is 9.57 Å². The Morgan fingerprint density at radius 3 is 2.64 bits per heavy atom. The van der Waals surface area contributed by atoms with Gasteiger partial charge in [-0.25, -0.2) is 0 Å². The lowest BCUT2D eigenvalue weighted by Crippen LogP contribution is -2.58. The number of nitro groups is 1. The predicted octanol–water partition coefficient (Wildman–Crippen LogP) is -1.66. The Morgan fingerprint density at radius 2 is 2.05 bits per heavy atom. The molecule has 0 saturated carbocycles. The van der Waals surface area contributed by atoms with Gasteiger partial charge in [-0.2, -0.15) is 0 Å². The van der Waals surface area contributed by atoms with E-state index >= 15 is 0 Å². The van der Waals surface area contributed by atoms with Crippen molar-refractivity contribution in [2.45, 2.75) is 30.7 Å². The Kier molecular flexibility index (Phi) is 5.05. The fourth-order valence-electron chi connectivity index (χ4n) is 1.81. The molecule has 122 valence electrons. The van der Waals surface area contributed by atoms with Crippen LogP contribution in [0.25, 0.3) is 0 Å². The van der Waals surface area contributed by atoms with Gasteiger partial charge in [-0.1, -0.05) is 5.16 Å². The highest BCUT2D eigenvalue weighted by Crippen LogP contribution is 2.22. The van der Waals surface area contributed by atoms with Gasteiger partial charge in [0, 0.05) is 0 Å². The Balaban J connectivity index is 1.97. The van der Waals surface area contributed by atoms with Gasteiger partial charge in [0.1, 0.15) is 35.6 Å². The second kappa shape index (κ2) is 6.81. The zero-order valence-corrected chi connectivity index (χ0v) is 11.1. The van der Waals surface area contributed by atoms with Crippen LogP contribution in [-0.4, -0.2) is 68.9 Å². The van der Waals surface area contributed by atoms with Gasteiger partial charge in [-0.3, -0.25) is 10.1 Å². The molecule has 0 bridgehead atoms. The van der Waals surface area contributed by atoms with Crippen molar-refractivity contribution in [3.05, 3.63) is 28.0 Å². The molecule has 1 aromatic rings. The van der Waals surface area contributed by atoms with Crippen molar-refractivity contribution in [2.24, 2.45) is 5.16 Å². The molecule has 1 aromatic heterocycles. The van der Waals surface area contributed by atoms with Gasteiger partial charge >= 0.3 is 5.88 Å². The van der Waals surface area contributed by atoms with Crippen molar-refractivity contribution in [3.8, 4) is 0 Å². The van der Waals surface area contributed by atoms with Gasteiger partial charge < -0.3 is 34.4 Å². The summed E-state index contributed by atoms with van der Waals surface area (Å²) in [5.41, 5.74) is 0. The topological polar surface area (TPSA) is 168 Å². The van der Waals surface area contributed by atoms with Gasteiger partial charge in [-0.05, 0) is 6.07 Å². The van der Waals surface area contributed by atoms with Crippen LogP contribution in [0.15, 0.2) is 21.7 Å². The summed E-state index contributed by atoms with van der Waals surface area (Å²) in [6, 6.07) is 2.40. The molecule has 11 nitrogen and oxygen atoms in total. The SMILES string of the molecule is O=[N+]([O-])c1ccc(/C=N/O[C@@H]2OC(CO)C(O)[C@H](O)C2O)o1. The third-order valence-electron chi connectivity index (χ3n) is 2.99. The van der Waals surface area contributed by atoms with Crippen molar-refractivity contribution in [1.82, 2.24) is 0 Å². The maximum Gasteiger partial charge on any atom is 0.433 e. The largest absolute Gasteiger partial charge is 0.433 e. The van der Waals surface area contributed by atoms with Crippen LogP contribution in [0.5, 0.6) is 0 Å². The lowest BCUT2D eigenvalue weighted by atomic mass is 9.99. The fourth-order valence-corrected chi connectivity index (χ4v) is 1.81. The van der Waals surface area contributed by atoms with Crippen LogP contribution < -0.4 is 0 Å². The quantitative estimate of drug-likeness (QED) is 0.282. The maximum atomic E-state index is 10.4. The highest BCUT2D eigenvalue weighted by Gasteiger charge is 2.44. The van der Waals surface area contributed by atoms with Crippen LogP contribution in [0.2, 0.25) is 0 Å². The molecule has 0 aliphatic carbocycles. The summed E-state index contributed by atoms with van der Waals surface area (Å²) in [6.07, 6.45) is -6.25. The second-order valence-corrected chi connectivity index (χ2v) is 4.47. The summed E-state index contributed by atoms with van der Waals surface area (Å²) < 4.78 is 9.81. The van der Waals surface area contributed by atoms with Crippen molar-refractivity contribution >= 4 is 12.1 Å². The molecule has 1 aliphatic rings. The highest BCUT2D eigenvalue weighted by molar-refractivity contribution is 5.75. The van der Waals surface area contributed by atoms with Crippen molar-refractivity contribution in [1.29, 1.82) is 0 Å². The molecule has 3 unspecified atom stereocenters. The predicted molar refractivity (Wildman–Crippen MR) is 67.8 cm³/mol. The van der Waals surface area contributed by atoms with E-state index in [1.807, 2.05) is 0 Å². The Labute approximate surface area is 123 Å². The molecule has 0 amide bonds. The average Bonchev–Trinajstić information content (AvgIpc) is 2.96. The van der Waals surface area contributed by atoms with Gasteiger partial charge in [0.2, 0.25) is 0 Å². The first-order valence-corrected chi connectivity index (χ1v) is 6.18. The van der Waals surface area contributed by atoms with Gasteiger partial charge in [0.25, 0.3) is 6.29 Å². The molecule has 0 spiro atoms. The number of nitrogens with zero attached hydrogens (tertiary/aromatic N) is 2. The third-order valence-corrected chi connectivity index (χ3v) is 2.99. The number of rotatable bonds is 5. The molecule has 5 atom stereocenters.